The van der Waals surface area contributed by atoms with Crippen molar-refractivity contribution in [3.8, 4) is 11.1 Å². The number of alkyl carbamates (subject to hydrolysis) is 1. The Morgan fingerprint density at radius 3 is 2.47 bits per heavy atom. The summed E-state index contributed by atoms with van der Waals surface area (Å²) in [6, 6.07) is 23.4. The zero-order valence-corrected chi connectivity index (χ0v) is 26.2. The van der Waals surface area contributed by atoms with Crippen molar-refractivity contribution in [2.45, 2.75) is 65.1 Å². The smallest absolute Gasteiger partial charge is 0.407 e. The minimum Gasteiger partial charge on any atom is -0.445 e. The second-order valence-corrected chi connectivity index (χ2v) is 13.1. The fourth-order valence-electron chi connectivity index (χ4n) is 6.05. The van der Waals surface area contributed by atoms with E-state index in [4.69, 9.17) is 21.3 Å². The van der Waals surface area contributed by atoms with Gasteiger partial charge < -0.3 is 15.0 Å². The van der Waals surface area contributed by atoms with Crippen LogP contribution in [0.5, 0.6) is 0 Å². The van der Waals surface area contributed by atoms with Gasteiger partial charge in [-0.25, -0.2) is 9.78 Å². The summed E-state index contributed by atoms with van der Waals surface area (Å²) in [5.74, 6) is 0.827. The third-order valence-corrected chi connectivity index (χ3v) is 8.41. The second-order valence-electron chi connectivity index (χ2n) is 12.7. The van der Waals surface area contributed by atoms with E-state index in [0.717, 1.165) is 41.9 Å². The van der Waals surface area contributed by atoms with Gasteiger partial charge in [0.1, 0.15) is 12.4 Å². The van der Waals surface area contributed by atoms with Crippen molar-refractivity contribution in [1.82, 2.24) is 19.8 Å². The molecule has 1 fully saturated rings. The zero-order chi connectivity index (χ0) is 30.6. The molecule has 4 aromatic rings. The first kappa shape index (κ1) is 30.8. The summed E-state index contributed by atoms with van der Waals surface area (Å²) in [7, 11) is 2.12. The van der Waals surface area contributed by atoms with Crippen molar-refractivity contribution in [1.29, 1.82) is 0 Å². The van der Waals surface area contributed by atoms with Crippen LogP contribution in [0.1, 0.15) is 57.3 Å². The molecule has 0 aliphatic carbocycles. The second kappa shape index (κ2) is 13.3. The molecule has 1 aromatic heterocycles. The Balaban J connectivity index is 1.45. The summed E-state index contributed by atoms with van der Waals surface area (Å²) in [4.78, 5) is 34.1. The Bertz CT molecular complexity index is 1620. The summed E-state index contributed by atoms with van der Waals surface area (Å²) >= 11 is 6.74. The van der Waals surface area contributed by atoms with Crippen LogP contribution in [-0.2, 0) is 17.9 Å². The van der Waals surface area contributed by atoms with E-state index in [1.165, 1.54) is 0 Å². The van der Waals surface area contributed by atoms with Crippen LogP contribution in [0.3, 0.4) is 0 Å². The van der Waals surface area contributed by atoms with Crippen molar-refractivity contribution in [2.24, 2.45) is 5.41 Å². The van der Waals surface area contributed by atoms with E-state index < -0.39 is 6.09 Å². The van der Waals surface area contributed by atoms with Gasteiger partial charge in [0, 0.05) is 35.6 Å². The molecule has 2 atom stereocenters. The molecular formula is C35H41ClN4O3. The highest BCUT2D eigenvalue weighted by molar-refractivity contribution is 6.34. The van der Waals surface area contributed by atoms with Crippen LogP contribution in [0.4, 0.5) is 4.79 Å². The van der Waals surface area contributed by atoms with Gasteiger partial charge in [-0.2, -0.15) is 0 Å². The zero-order valence-electron chi connectivity index (χ0n) is 25.5. The van der Waals surface area contributed by atoms with Crippen LogP contribution in [0.15, 0.2) is 77.6 Å². The minimum absolute atomic E-state index is 0.0243. The molecule has 7 nitrogen and oxygen atoms in total. The standard InChI is InChI=1S/C35H41ClN4O3/c1-35(2,3)23-40-32(38-30-21-27(25-14-9-6-10-15-25)29(36)20-28(30)33(40)41)26-16-11-19-39(4)31(26)17-18-37-34(42)43-22-24-12-7-5-8-13-24/h5-10,12-15,20-21,26,31H,11,16-19,22-23H2,1-4H3,(H,37,42). The lowest BCUT2D eigenvalue weighted by Crippen LogP contribution is -2.46. The van der Waals surface area contributed by atoms with Gasteiger partial charge in [-0.05, 0) is 61.5 Å². The van der Waals surface area contributed by atoms with Gasteiger partial charge in [0.05, 0.1) is 10.9 Å². The number of halogens is 1. The molecule has 2 heterocycles. The van der Waals surface area contributed by atoms with E-state index in [2.05, 4.69) is 38.0 Å². The van der Waals surface area contributed by atoms with Crippen molar-refractivity contribution < 1.29 is 9.53 Å². The summed E-state index contributed by atoms with van der Waals surface area (Å²) in [5, 5.41) is 3.99. The van der Waals surface area contributed by atoms with Gasteiger partial charge in [0.15, 0.2) is 0 Å². The topological polar surface area (TPSA) is 76.5 Å². The van der Waals surface area contributed by atoms with Crippen LogP contribution in [0.2, 0.25) is 5.02 Å². The maximum atomic E-state index is 14.1. The number of likely N-dealkylation sites (N-methyl/N-ethyl adjacent to an activating group) is 1. The number of hydrogen-bond acceptors (Lipinski definition) is 5. The maximum Gasteiger partial charge on any atom is 0.407 e. The van der Waals surface area contributed by atoms with Gasteiger partial charge in [0.25, 0.3) is 5.56 Å². The van der Waals surface area contributed by atoms with Gasteiger partial charge in [-0.3, -0.25) is 9.36 Å². The predicted octanol–water partition coefficient (Wildman–Crippen LogP) is 7.26. The Labute approximate surface area is 258 Å². The molecule has 1 saturated heterocycles. The van der Waals surface area contributed by atoms with E-state index in [0.29, 0.717) is 35.4 Å². The maximum absolute atomic E-state index is 14.1. The Morgan fingerprint density at radius 1 is 1.07 bits per heavy atom. The third-order valence-electron chi connectivity index (χ3n) is 8.10. The van der Waals surface area contributed by atoms with Crippen LogP contribution in [0, 0.1) is 5.41 Å². The molecule has 1 aliphatic rings. The Hall–Kier alpha value is -3.68. The van der Waals surface area contributed by atoms with E-state index in [9.17, 15) is 9.59 Å². The number of likely N-dealkylation sites (tertiary alicyclic amines) is 1. The molecule has 0 saturated carbocycles. The number of piperidine rings is 1. The summed E-state index contributed by atoms with van der Waals surface area (Å²) < 4.78 is 7.29. The van der Waals surface area contributed by atoms with Crippen LogP contribution in [-0.4, -0.2) is 46.7 Å². The molecule has 43 heavy (non-hydrogen) atoms. The summed E-state index contributed by atoms with van der Waals surface area (Å²) in [6.45, 7) is 8.58. The predicted molar refractivity (Wildman–Crippen MR) is 174 cm³/mol. The van der Waals surface area contributed by atoms with Crippen molar-refractivity contribution in [3.63, 3.8) is 0 Å². The number of rotatable bonds is 8. The molecule has 5 rings (SSSR count). The van der Waals surface area contributed by atoms with Gasteiger partial charge in [-0.15, -0.1) is 0 Å². The number of hydrogen-bond donors (Lipinski definition) is 1. The van der Waals surface area contributed by atoms with E-state index >= 15 is 0 Å². The largest absolute Gasteiger partial charge is 0.445 e. The van der Waals surface area contributed by atoms with Gasteiger partial charge >= 0.3 is 6.09 Å². The lowest BCUT2D eigenvalue weighted by atomic mass is 9.85. The molecule has 0 bridgehead atoms. The summed E-state index contributed by atoms with van der Waals surface area (Å²) in [6.07, 6.45) is 2.19. The molecule has 1 N–H and O–H groups in total. The minimum atomic E-state index is -0.433. The van der Waals surface area contributed by atoms with Gasteiger partial charge in [-0.1, -0.05) is 93.0 Å². The number of fused-ring (bicyclic) bond motifs is 1. The van der Waals surface area contributed by atoms with Gasteiger partial charge in [0.2, 0.25) is 0 Å². The number of carbonyl (C=O) groups excluding carboxylic acids is 1. The lowest BCUT2D eigenvalue weighted by Gasteiger charge is -2.40. The van der Waals surface area contributed by atoms with Crippen LogP contribution < -0.4 is 10.9 Å². The van der Waals surface area contributed by atoms with E-state index in [1.54, 1.807) is 6.07 Å². The first-order chi connectivity index (χ1) is 20.6. The number of nitrogens with zero attached hydrogens (tertiary/aromatic N) is 3. The average molecular weight is 601 g/mol. The number of nitrogens with one attached hydrogen (secondary N) is 1. The monoisotopic (exact) mass is 600 g/mol. The number of benzene rings is 3. The van der Waals surface area contributed by atoms with Crippen LogP contribution >= 0.6 is 11.6 Å². The van der Waals surface area contributed by atoms with E-state index in [-0.39, 0.29) is 29.5 Å². The highest BCUT2D eigenvalue weighted by atomic mass is 35.5. The molecule has 1 aliphatic heterocycles. The quantitative estimate of drug-likeness (QED) is 0.230. The normalized spacial score (nSPS) is 17.6. The SMILES string of the molecule is CN1CCCC(c2nc3cc(-c4ccccc4)c(Cl)cc3c(=O)n2CC(C)(C)C)C1CCNC(=O)OCc1ccccc1. The molecule has 2 unspecified atom stereocenters. The first-order valence-electron chi connectivity index (χ1n) is 15.0. The number of amides is 1. The Morgan fingerprint density at radius 2 is 1.77 bits per heavy atom. The molecule has 0 spiro atoms. The highest BCUT2D eigenvalue weighted by Crippen LogP contribution is 2.36. The number of ether oxygens (including phenoxy) is 1. The summed E-state index contributed by atoms with van der Waals surface area (Å²) in [5.41, 5.74) is 3.24. The average Bonchev–Trinajstić information content (AvgIpc) is 2.99. The molecular weight excluding hydrogens is 560 g/mol. The fourth-order valence-corrected chi connectivity index (χ4v) is 6.33. The number of aromatic nitrogens is 2. The van der Waals surface area contributed by atoms with Crippen molar-refractivity contribution >= 4 is 28.6 Å². The lowest BCUT2D eigenvalue weighted by molar-refractivity contribution is 0.128. The van der Waals surface area contributed by atoms with Crippen LogP contribution in [0.25, 0.3) is 22.0 Å². The molecule has 1 amide bonds. The molecule has 226 valence electrons. The highest BCUT2D eigenvalue weighted by Gasteiger charge is 2.34. The Kier molecular flexibility index (Phi) is 9.52. The van der Waals surface area contributed by atoms with Crippen molar-refractivity contribution in [3.05, 3.63) is 99.6 Å². The van der Waals surface area contributed by atoms with Crippen molar-refractivity contribution in [2.75, 3.05) is 20.1 Å². The first-order valence-corrected chi connectivity index (χ1v) is 15.4. The fraction of sp³-hybridized carbons (Fsp3) is 0.400. The number of carbonyl (C=O) groups is 1. The third kappa shape index (κ3) is 7.46. The van der Waals surface area contributed by atoms with E-state index in [1.807, 2.05) is 71.3 Å². The molecule has 8 heteroatoms. The molecule has 0 radical (unpaired) electrons. The molecule has 3 aromatic carbocycles.